The molecular formula is C19H18N4O2. The minimum atomic E-state index is -0.334. The van der Waals surface area contributed by atoms with Crippen LogP contribution in [0.15, 0.2) is 53.3 Å². The van der Waals surface area contributed by atoms with Gasteiger partial charge in [0.05, 0.1) is 16.8 Å². The number of aromatic nitrogens is 2. The number of carbonyl (C=O) groups excluding carboxylic acids is 1. The molecule has 0 radical (unpaired) electrons. The molecule has 2 N–H and O–H groups in total. The number of nitrogens with zero attached hydrogens (tertiary/aromatic N) is 2. The fraction of sp³-hybridized carbons (Fsp3) is 0.211. The van der Waals surface area contributed by atoms with E-state index in [9.17, 15) is 9.59 Å². The standard InChI is InChI=1S/C19H18N4O2/c24-18-14-8-2-1-7-13(14)17(21-22-18)19(25)20-15-9-3-4-10-16(15)23-11-5-6-12-23/h1-4,7-10H,5-6,11-12H2,(H,20,25)(H,22,24). The van der Waals surface area contributed by atoms with Gasteiger partial charge in [-0.3, -0.25) is 9.59 Å². The third kappa shape index (κ3) is 2.87. The summed E-state index contributed by atoms with van der Waals surface area (Å²) in [5.41, 5.74) is 1.68. The number of anilines is 2. The molecule has 1 saturated heterocycles. The third-order valence-corrected chi connectivity index (χ3v) is 4.51. The molecule has 6 nitrogen and oxygen atoms in total. The van der Waals surface area contributed by atoms with Crippen molar-refractivity contribution in [1.29, 1.82) is 0 Å². The van der Waals surface area contributed by atoms with Crippen molar-refractivity contribution in [3.8, 4) is 0 Å². The Balaban J connectivity index is 1.70. The van der Waals surface area contributed by atoms with Crippen LogP contribution < -0.4 is 15.8 Å². The quantitative estimate of drug-likeness (QED) is 0.772. The Labute approximate surface area is 144 Å². The monoisotopic (exact) mass is 334 g/mol. The summed E-state index contributed by atoms with van der Waals surface area (Å²) in [6, 6.07) is 14.7. The van der Waals surface area contributed by atoms with Gasteiger partial charge in [0.15, 0.2) is 5.69 Å². The van der Waals surface area contributed by atoms with Crippen LogP contribution in [-0.2, 0) is 0 Å². The lowest BCUT2D eigenvalue weighted by Gasteiger charge is -2.21. The lowest BCUT2D eigenvalue weighted by Crippen LogP contribution is -2.22. The Kier molecular flexibility index (Phi) is 3.93. The van der Waals surface area contributed by atoms with Crippen molar-refractivity contribution in [3.63, 3.8) is 0 Å². The van der Waals surface area contributed by atoms with E-state index in [2.05, 4.69) is 20.4 Å². The van der Waals surface area contributed by atoms with Crippen LogP contribution in [0.1, 0.15) is 23.3 Å². The van der Waals surface area contributed by atoms with Crippen LogP contribution in [0.3, 0.4) is 0 Å². The second kappa shape index (κ2) is 6.39. The van der Waals surface area contributed by atoms with Crippen molar-refractivity contribution in [2.24, 2.45) is 0 Å². The van der Waals surface area contributed by atoms with E-state index >= 15 is 0 Å². The lowest BCUT2D eigenvalue weighted by atomic mass is 10.1. The topological polar surface area (TPSA) is 78.1 Å². The van der Waals surface area contributed by atoms with Crippen molar-refractivity contribution in [2.45, 2.75) is 12.8 Å². The summed E-state index contributed by atoms with van der Waals surface area (Å²) in [7, 11) is 0. The zero-order chi connectivity index (χ0) is 17.2. The number of nitrogens with one attached hydrogen (secondary N) is 2. The summed E-state index contributed by atoms with van der Waals surface area (Å²) < 4.78 is 0. The Morgan fingerprint density at radius 1 is 1.00 bits per heavy atom. The number of amides is 1. The average Bonchev–Trinajstić information content (AvgIpc) is 3.17. The molecule has 1 aromatic heterocycles. The van der Waals surface area contributed by atoms with Crippen LogP contribution >= 0.6 is 0 Å². The van der Waals surface area contributed by atoms with E-state index in [1.165, 1.54) is 0 Å². The Hall–Kier alpha value is -3.15. The first-order valence-corrected chi connectivity index (χ1v) is 8.37. The summed E-state index contributed by atoms with van der Waals surface area (Å²) in [4.78, 5) is 26.9. The van der Waals surface area contributed by atoms with E-state index in [0.717, 1.165) is 37.3 Å². The molecule has 1 aliphatic heterocycles. The van der Waals surface area contributed by atoms with Gasteiger partial charge < -0.3 is 10.2 Å². The number of hydrogen-bond donors (Lipinski definition) is 2. The van der Waals surface area contributed by atoms with E-state index in [1.807, 2.05) is 24.3 Å². The normalized spacial score (nSPS) is 14.0. The molecule has 25 heavy (non-hydrogen) atoms. The minimum absolute atomic E-state index is 0.214. The molecule has 0 aliphatic carbocycles. The number of carbonyl (C=O) groups is 1. The number of para-hydroxylation sites is 2. The van der Waals surface area contributed by atoms with Crippen molar-refractivity contribution < 1.29 is 4.79 Å². The third-order valence-electron chi connectivity index (χ3n) is 4.51. The molecule has 126 valence electrons. The Morgan fingerprint density at radius 3 is 2.48 bits per heavy atom. The van der Waals surface area contributed by atoms with E-state index in [4.69, 9.17) is 0 Å². The van der Waals surface area contributed by atoms with Crippen molar-refractivity contribution in [2.75, 3.05) is 23.3 Å². The van der Waals surface area contributed by atoms with Gasteiger partial charge >= 0.3 is 0 Å². The molecule has 1 amide bonds. The predicted molar refractivity (Wildman–Crippen MR) is 98.2 cm³/mol. The molecule has 2 heterocycles. The van der Waals surface area contributed by atoms with Gasteiger partial charge in [0.1, 0.15) is 0 Å². The second-order valence-corrected chi connectivity index (χ2v) is 6.11. The highest BCUT2D eigenvalue weighted by molar-refractivity contribution is 6.12. The smallest absolute Gasteiger partial charge is 0.276 e. The molecule has 2 aromatic carbocycles. The predicted octanol–water partition coefficient (Wildman–Crippen LogP) is 2.78. The first kappa shape index (κ1) is 15.4. The SMILES string of the molecule is O=C(Nc1ccccc1N1CCCC1)c1n[nH]c(=O)c2ccccc12. The number of aromatic amines is 1. The summed E-state index contributed by atoms with van der Waals surface area (Å²) in [6.45, 7) is 1.99. The van der Waals surface area contributed by atoms with Crippen molar-refractivity contribution in [1.82, 2.24) is 10.2 Å². The number of rotatable bonds is 3. The molecule has 0 saturated carbocycles. The molecule has 0 spiro atoms. The summed E-state index contributed by atoms with van der Waals surface area (Å²) >= 11 is 0. The highest BCUT2D eigenvalue weighted by atomic mass is 16.2. The fourth-order valence-corrected chi connectivity index (χ4v) is 3.28. The van der Waals surface area contributed by atoms with Gasteiger partial charge in [-0.1, -0.05) is 30.3 Å². The van der Waals surface area contributed by atoms with Crippen LogP contribution in [0.2, 0.25) is 0 Å². The molecule has 0 bridgehead atoms. The van der Waals surface area contributed by atoms with Crippen LogP contribution in [0.25, 0.3) is 10.8 Å². The summed E-state index contributed by atoms with van der Waals surface area (Å²) in [6.07, 6.45) is 2.32. The van der Waals surface area contributed by atoms with E-state index in [0.29, 0.717) is 10.8 Å². The van der Waals surface area contributed by atoms with Crippen LogP contribution in [0, 0.1) is 0 Å². The number of hydrogen-bond acceptors (Lipinski definition) is 4. The number of benzene rings is 2. The summed E-state index contributed by atoms with van der Waals surface area (Å²) in [5, 5.41) is 10.3. The van der Waals surface area contributed by atoms with Gasteiger partial charge in [-0.05, 0) is 31.0 Å². The van der Waals surface area contributed by atoms with Gasteiger partial charge in [0.2, 0.25) is 0 Å². The zero-order valence-corrected chi connectivity index (χ0v) is 13.7. The van der Waals surface area contributed by atoms with E-state index in [1.54, 1.807) is 24.3 Å². The maximum atomic E-state index is 12.8. The van der Waals surface area contributed by atoms with Crippen LogP contribution in [0.5, 0.6) is 0 Å². The fourth-order valence-electron chi connectivity index (χ4n) is 3.28. The maximum absolute atomic E-state index is 12.8. The molecule has 6 heteroatoms. The van der Waals surface area contributed by atoms with Crippen molar-refractivity contribution >= 4 is 28.1 Å². The van der Waals surface area contributed by atoms with Gasteiger partial charge in [-0.25, -0.2) is 5.10 Å². The van der Waals surface area contributed by atoms with Crippen molar-refractivity contribution in [3.05, 3.63) is 64.6 Å². The van der Waals surface area contributed by atoms with Crippen LogP contribution in [-0.4, -0.2) is 29.2 Å². The molecule has 0 unspecified atom stereocenters. The van der Waals surface area contributed by atoms with E-state index < -0.39 is 0 Å². The average molecular weight is 334 g/mol. The number of H-pyrrole nitrogens is 1. The van der Waals surface area contributed by atoms with E-state index in [-0.39, 0.29) is 17.2 Å². The maximum Gasteiger partial charge on any atom is 0.276 e. The number of fused-ring (bicyclic) bond motifs is 1. The summed E-state index contributed by atoms with van der Waals surface area (Å²) in [5.74, 6) is -0.334. The highest BCUT2D eigenvalue weighted by Crippen LogP contribution is 2.29. The van der Waals surface area contributed by atoms with Gasteiger partial charge in [0, 0.05) is 18.5 Å². The van der Waals surface area contributed by atoms with Crippen LogP contribution in [0.4, 0.5) is 11.4 Å². The van der Waals surface area contributed by atoms with Gasteiger partial charge in [0.25, 0.3) is 11.5 Å². The molecule has 4 rings (SSSR count). The first-order chi connectivity index (χ1) is 12.2. The first-order valence-electron chi connectivity index (χ1n) is 8.37. The molecule has 0 atom stereocenters. The van der Waals surface area contributed by atoms with Gasteiger partial charge in [-0.15, -0.1) is 0 Å². The minimum Gasteiger partial charge on any atom is -0.370 e. The molecular weight excluding hydrogens is 316 g/mol. The molecule has 1 fully saturated rings. The zero-order valence-electron chi connectivity index (χ0n) is 13.7. The Bertz CT molecular complexity index is 990. The highest BCUT2D eigenvalue weighted by Gasteiger charge is 2.19. The molecule has 1 aliphatic rings. The molecule has 3 aromatic rings. The second-order valence-electron chi connectivity index (χ2n) is 6.11. The largest absolute Gasteiger partial charge is 0.370 e. The Morgan fingerprint density at radius 2 is 1.68 bits per heavy atom. The lowest BCUT2D eigenvalue weighted by molar-refractivity contribution is 0.102. The van der Waals surface area contributed by atoms with Gasteiger partial charge in [-0.2, -0.15) is 5.10 Å².